The molecule has 1 saturated carbocycles. The maximum absolute atomic E-state index is 11.9. The summed E-state index contributed by atoms with van der Waals surface area (Å²) in [5.41, 5.74) is 0.351. The highest BCUT2D eigenvalue weighted by molar-refractivity contribution is 7.92. The highest BCUT2D eigenvalue weighted by Gasteiger charge is 2.22. The predicted octanol–water partition coefficient (Wildman–Crippen LogP) is 2.14. The first kappa shape index (κ1) is 12.2. The maximum atomic E-state index is 11.9. The average Bonchev–Trinajstić information content (AvgIpc) is 2.83. The van der Waals surface area contributed by atoms with E-state index >= 15 is 0 Å². The van der Waals surface area contributed by atoms with Gasteiger partial charge >= 0.3 is 0 Å². The third-order valence-electron chi connectivity index (χ3n) is 3.20. The second-order valence-electron chi connectivity index (χ2n) is 4.52. The van der Waals surface area contributed by atoms with Gasteiger partial charge in [0.1, 0.15) is 17.0 Å². The van der Waals surface area contributed by atoms with Crippen molar-refractivity contribution in [1.82, 2.24) is 9.97 Å². The lowest BCUT2D eigenvalue weighted by Crippen LogP contribution is -2.15. The van der Waals surface area contributed by atoms with Crippen molar-refractivity contribution in [2.24, 2.45) is 0 Å². The summed E-state index contributed by atoms with van der Waals surface area (Å²) in [5.74, 6) is 1.22. The second kappa shape index (κ2) is 4.65. The Morgan fingerprint density at radius 3 is 2.53 bits per heavy atom. The van der Waals surface area contributed by atoms with E-state index < -0.39 is 10.0 Å². The van der Waals surface area contributed by atoms with Crippen LogP contribution in [0.1, 0.15) is 31.0 Å². The van der Waals surface area contributed by atoms with Gasteiger partial charge in [-0.2, -0.15) is 0 Å². The van der Waals surface area contributed by atoms with Crippen LogP contribution in [0.25, 0.3) is 0 Å². The molecule has 1 fully saturated rings. The van der Waals surface area contributed by atoms with E-state index in [0.29, 0.717) is 11.6 Å². The Morgan fingerprint density at radius 1 is 1.26 bits per heavy atom. The van der Waals surface area contributed by atoms with Crippen molar-refractivity contribution in [2.75, 3.05) is 4.72 Å². The van der Waals surface area contributed by atoms with E-state index in [4.69, 9.17) is 4.42 Å². The molecule has 100 valence electrons. The number of aromatic nitrogens is 2. The van der Waals surface area contributed by atoms with Crippen molar-refractivity contribution in [3.05, 3.63) is 36.8 Å². The van der Waals surface area contributed by atoms with E-state index in [1.165, 1.54) is 37.4 Å². The minimum absolute atomic E-state index is 0.0792. The SMILES string of the molecule is O=S(=O)(Nc1cnc(C2CCC2)nc1)c1ccoc1. The van der Waals surface area contributed by atoms with Gasteiger partial charge in [0.15, 0.2) is 0 Å². The van der Waals surface area contributed by atoms with Gasteiger partial charge in [0.25, 0.3) is 10.0 Å². The quantitative estimate of drug-likeness (QED) is 0.926. The molecule has 0 amide bonds. The highest BCUT2D eigenvalue weighted by atomic mass is 32.2. The molecule has 1 aliphatic rings. The van der Waals surface area contributed by atoms with Crippen LogP contribution in [-0.2, 0) is 10.0 Å². The van der Waals surface area contributed by atoms with E-state index in [2.05, 4.69) is 14.7 Å². The van der Waals surface area contributed by atoms with Crippen molar-refractivity contribution < 1.29 is 12.8 Å². The summed E-state index contributed by atoms with van der Waals surface area (Å²) < 4.78 is 31.0. The van der Waals surface area contributed by atoms with Crippen LogP contribution in [-0.4, -0.2) is 18.4 Å². The average molecular weight is 279 g/mol. The van der Waals surface area contributed by atoms with Gasteiger partial charge < -0.3 is 4.42 Å². The topological polar surface area (TPSA) is 85.1 Å². The van der Waals surface area contributed by atoms with Crippen LogP contribution in [0.4, 0.5) is 5.69 Å². The molecule has 0 aromatic carbocycles. The number of nitrogens with zero attached hydrogens (tertiary/aromatic N) is 2. The summed E-state index contributed by atoms with van der Waals surface area (Å²) in [6.07, 6.45) is 8.91. The van der Waals surface area contributed by atoms with Crippen molar-refractivity contribution in [3.8, 4) is 0 Å². The number of hydrogen-bond donors (Lipinski definition) is 1. The molecule has 1 N–H and O–H groups in total. The fourth-order valence-corrected chi connectivity index (χ4v) is 2.84. The molecule has 0 bridgehead atoms. The van der Waals surface area contributed by atoms with Crippen molar-refractivity contribution in [3.63, 3.8) is 0 Å². The normalized spacial score (nSPS) is 16.0. The van der Waals surface area contributed by atoms with Crippen LogP contribution < -0.4 is 4.72 Å². The van der Waals surface area contributed by atoms with Crippen LogP contribution in [0, 0.1) is 0 Å². The molecule has 0 radical (unpaired) electrons. The molecule has 2 aromatic rings. The van der Waals surface area contributed by atoms with Crippen LogP contribution in [0.5, 0.6) is 0 Å². The standard InChI is InChI=1S/C12H13N3O3S/c16-19(17,11-4-5-18-8-11)15-10-6-13-12(14-7-10)9-2-1-3-9/h4-9,15H,1-3H2. The zero-order valence-electron chi connectivity index (χ0n) is 10.1. The fraction of sp³-hybridized carbons (Fsp3) is 0.333. The number of nitrogens with one attached hydrogen (secondary N) is 1. The van der Waals surface area contributed by atoms with Crippen LogP contribution in [0.15, 0.2) is 40.3 Å². The summed E-state index contributed by atoms with van der Waals surface area (Å²) in [4.78, 5) is 8.49. The summed E-state index contributed by atoms with van der Waals surface area (Å²) >= 11 is 0. The van der Waals surface area contributed by atoms with Gasteiger partial charge in [-0.3, -0.25) is 4.72 Å². The third kappa shape index (κ3) is 2.46. The molecule has 6 nitrogen and oxygen atoms in total. The molecule has 0 unspecified atom stereocenters. The van der Waals surface area contributed by atoms with Crippen molar-refractivity contribution in [2.45, 2.75) is 30.1 Å². The Hall–Kier alpha value is -1.89. The second-order valence-corrected chi connectivity index (χ2v) is 6.20. The molecule has 19 heavy (non-hydrogen) atoms. The number of hydrogen-bond acceptors (Lipinski definition) is 5. The number of anilines is 1. The highest BCUT2D eigenvalue weighted by Crippen LogP contribution is 2.34. The largest absolute Gasteiger partial charge is 0.471 e. The fourth-order valence-electron chi connectivity index (χ4n) is 1.89. The minimum Gasteiger partial charge on any atom is -0.471 e. The molecule has 3 rings (SSSR count). The lowest BCUT2D eigenvalue weighted by Gasteiger charge is -2.23. The molecule has 2 aromatic heterocycles. The summed E-state index contributed by atoms with van der Waals surface area (Å²) in [6.45, 7) is 0. The number of furan rings is 1. The van der Waals surface area contributed by atoms with Gasteiger partial charge in [-0.15, -0.1) is 0 Å². The zero-order valence-corrected chi connectivity index (χ0v) is 10.9. The Morgan fingerprint density at radius 2 is 2.00 bits per heavy atom. The smallest absolute Gasteiger partial charge is 0.265 e. The first-order valence-corrected chi connectivity index (χ1v) is 7.50. The van der Waals surface area contributed by atoms with Crippen molar-refractivity contribution in [1.29, 1.82) is 0 Å². The van der Waals surface area contributed by atoms with Gasteiger partial charge in [0.05, 0.1) is 24.3 Å². The Kier molecular flexibility index (Phi) is 2.98. The van der Waals surface area contributed by atoms with Gasteiger partial charge in [-0.05, 0) is 18.9 Å². The molecular weight excluding hydrogens is 266 g/mol. The predicted molar refractivity (Wildman–Crippen MR) is 68.1 cm³/mol. The molecule has 0 atom stereocenters. The lowest BCUT2D eigenvalue weighted by atomic mass is 9.85. The van der Waals surface area contributed by atoms with Crippen LogP contribution in [0.3, 0.4) is 0 Å². The summed E-state index contributed by atoms with van der Waals surface area (Å²) in [7, 11) is -3.62. The molecule has 0 saturated heterocycles. The van der Waals surface area contributed by atoms with Crippen molar-refractivity contribution >= 4 is 15.7 Å². The summed E-state index contributed by atoms with van der Waals surface area (Å²) in [6, 6.07) is 1.38. The van der Waals surface area contributed by atoms with E-state index in [0.717, 1.165) is 18.7 Å². The van der Waals surface area contributed by atoms with Gasteiger partial charge in [0, 0.05) is 5.92 Å². The monoisotopic (exact) mass is 279 g/mol. The third-order valence-corrected chi connectivity index (χ3v) is 4.56. The Labute approximate surface area is 110 Å². The molecular formula is C12H13N3O3S. The van der Waals surface area contributed by atoms with E-state index in [9.17, 15) is 8.42 Å². The molecule has 2 heterocycles. The molecule has 7 heteroatoms. The Balaban J connectivity index is 1.76. The molecule has 1 aliphatic carbocycles. The summed E-state index contributed by atoms with van der Waals surface area (Å²) in [5, 5.41) is 0. The van der Waals surface area contributed by atoms with E-state index in [1.807, 2.05) is 0 Å². The minimum atomic E-state index is -3.62. The van der Waals surface area contributed by atoms with Crippen LogP contribution in [0.2, 0.25) is 0 Å². The van der Waals surface area contributed by atoms with Gasteiger partial charge in [-0.1, -0.05) is 6.42 Å². The Bertz CT molecular complexity index is 646. The van der Waals surface area contributed by atoms with Crippen LogP contribution >= 0.6 is 0 Å². The maximum Gasteiger partial charge on any atom is 0.265 e. The first-order chi connectivity index (χ1) is 9.15. The van der Waals surface area contributed by atoms with Gasteiger partial charge in [-0.25, -0.2) is 18.4 Å². The molecule has 0 aliphatic heterocycles. The number of sulfonamides is 1. The first-order valence-electron chi connectivity index (χ1n) is 6.02. The zero-order chi connectivity index (χ0) is 13.3. The number of rotatable bonds is 4. The van der Waals surface area contributed by atoms with E-state index in [-0.39, 0.29) is 4.90 Å². The van der Waals surface area contributed by atoms with E-state index in [1.54, 1.807) is 0 Å². The van der Waals surface area contributed by atoms with Gasteiger partial charge in [0.2, 0.25) is 0 Å². The lowest BCUT2D eigenvalue weighted by molar-refractivity contribution is 0.401. The molecule has 0 spiro atoms.